The summed E-state index contributed by atoms with van der Waals surface area (Å²) < 4.78 is 0. The van der Waals surface area contributed by atoms with Crippen molar-refractivity contribution in [2.45, 2.75) is 44.4 Å². The van der Waals surface area contributed by atoms with Gasteiger partial charge in [0.2, 0.25) is 0 Å². The molecule has 39 heavy (non-hydrogen) atoms. The summed E-state index contributed by atoms with van der Waals surface area (Å²) in [6.07, 6.45) is 10.2. The highest BCUT2D eigenvalue weighted by atomic mass is 16.3. The van der Waals surface area contributed by atoms with Crippen molar-refractivity contribution >= 4 is 27.6 Å². The number of aliphatic hydroxyl groups is 2. The lowest BCUT2D eigenvalue weighted by atomic mass is 10.0. The molecule has 2 aliphatic heterocycles. The zero-order chi connectivity index (χ0) is 26.3. The van der Waals surface area contributed by atoms with E-state index in [1.165, 1.54) is 5.56 Å². The first-order valence-electron chi connectivity index (χ1n) is 13.7. The van der Waals surface area contributed by atoms with Crippen LogP contribution in [-0.4, -0.2) is 83.6 Å². The summed E-state index contributed by atoms with van der Waals surface area (Å²) >= 11 is 0. The molecular formula is C29H32N8O2. The SMILES string of the molecule is OC1CCN(Cc2cncc(-c3ccc4[nH]nc(-c5nc6c(N7CCC(O)CC7)cncc6[nH]5)c4c3)c2)CC1. The quantitative estimate of drug-likeness (QED) is 0.275. The number of likely N-dealkylation sites (tertiary alicyclic amines) is 1. The normalized spacial score (nSPS) is 17.9. The van der Waals surface area contributed by atoms with Crippen molar-refractivity contribution < 1.29 is 10.2 Å². The average Bonchev–Trinajstić information content (AvgIpc) is 3.59. The van der Waals surface area contributed by atoms with Crippen LogP contribution in [0.3, 0.4) is 0 Å². The fourth-order valence-corrected chi connectivity index (χ4v) is 5.81. The minimum Gasteiger partial charge on any atom is -0.393 e. The van der Waals surface area contributed by atoms with Crippen molar-refractivity contribution in [3.8, 4) is 22.6 Å². The number of nitrogens with zero attached hydrogens (tertiary/aromatic N) is 6. The lowest BCUT2D eigenvalue weighted by Gasteiger charge is -2.31. The van der Waals surface area contributed by atoms with Crippen molar-refractivity contribution in [1.29, 1.82) is 0 Å². The van der Waals surface area contributed by atoms with Gasteiger partial charge in [-0.2, -0.15) is 5.10 Å². The summed E-state index contributed by atoms with van der Waals surface area (Å²) in [4.78, 5) is 22.0. The van der Waals surface area contributed by atoms with Gasteiger partial charge in [0.25, 0.3) is 0 Å². The van der Waals surface area contributed by atoms with Crippen LogP contribution in [0.4, 0.5) is 5.69 Å². The third-order valence-corrected chi connectivity index (χ3v) is 8.06. The molecule has 2 aliphatic rings. The Labute approximate surface area is 225 Å². The maximum absolute atomic E-state index is 9.93. The molecular weight excluding hydrogens is 492 g/mol. The van der Waals surface area contributed by atoms with E-state index in [9.17, 15) is 10.2 Å². The number of aromatic amines is 2. The number of rotatable bonds is 5. The van der Waals surface area contributed by atoms with E-state index in [0.29, 0.717) is 5.82 Å². The summed E-state index contributed by atoms with van der Waals surface area (Å²) in [5.74, 6) is 0.693. The van der Waals surface area contributed by atoms with Crippen molar-refractivity contribution in [1.82, 2.24) is 35.0 Å². The zero-order valence-electron chi connectivity index (χ0n) is 21.7. The second kappa shape index (κ2) is 10.0. The van der Waals surface area contributed by atoms with Crippen molar-refractivity contribution in [3.05, 3.63) is 54.6 Å². The number of aromatic nitrogens is 6. The third kappa shape index (κ3) is 4.75. The molecule has 4 aromatic heterocycles. The number of imidazole rings is 1. The Balaban J connectivity index is 1.20. The molecule has 2 saturated heterocycles. The number of hydrogen-bond acceptors (Lipinski definition) is 8. The predicted molar refractivity (Wildman–Crippen MR) is 150 cm³/mol. The van der Waals surface area contributed by atoms with Crippen LogP contribution in [0, 0.1) is 0 Å². The molecule has 4 N–H and O–H groups in total. The molecule has 10 nitrogen and oxygen atoms in total. The number of anilines is 1. The van der Waals surface area contributed by atoms with Gasteiger partial charge >= 0.3 is 0 Å². The van der Waals surface area contributed by atoms with Crippen LogP contribution in [0.15, 0.2) is 49.1 Å². The lowest BCUT2D eigenvalue weighted by molar-refractivity contribution is 0.0792. The van der Waals surface area contributed by atoms with Gasteiger partial charge in [0, 0.05) is 56.1 Å². The van der Waals surface area contributed by atoms with Crippen molar-refractivity contribution in [2.75, 3.05) is 31.1 Å². The van der Waals surface area contributed by atoms with Gasteiger partial charge in [-0.15, -0.1) is 0 Å². The van der Waals surface area contributed by atoms with Crippen LogP contribution in [0.5, 0.6) is 0 Å². The van der Waals surface area contributed by atoms with E-state index in [1.54, 1.807) is 6.20 Å². The molecule has 6 heterocycles. The zero-order valence-corrected chi connectivity index (χ0v) is 21.7. The molecule has 0 amide bonds. The summed E-state index contributed by atoms with van der Waals surface area (Å²) in [5.41, 5.74) is 7.70. The number of aliphatic hydroxyl groups excluding tert-OH is 2. The van der Waals surface area contributed by atoms with Gasteiger partial charge in [-0.1, -0.05) is 6.07 Å². The highest BCUT2D eigenvalue weighted by Crippen LogP contribution is 2.33. The minimum absolute atomic E-state index is 0.171. The molecule has 5 aromatic rings. The second-order valence-electron chi connectivity index (χ2n) is 10.8. The number of benzene rings is 1. The summed E-state index contributed by atoms with van der Waals surface area (Å²) in [6.45, 7) is 4.21. The van der Waals surface area contributed by atoms with Crippen LogP contribution in [0.2, 0.25) is 0 Å². The number of nitrogens with one attached hydrogen (secondary N) is 2. The molecule has 10 heteroatoms. The highest BCUT2D eigenvalue weighted by Gasteiger charge is 2.22. The van der Waals surface area contributed by atoms with E-state index in [4.69, 9.17) is 4.98 Å². The first-order valence-corrected chi connectivity index (χ1v) is 13.7. The molecule has 0 saturated carbocycles. The molecule has 0 radical (unpaired) electrons. The molecule has 7 rings (SSSR count). The highest BCUT2D eigenvalue weighted by molar-refractivity contribution is 5.97. The summed E-state index contributed by atoms with van der Waals surface area (Å²) in [5, 5.41) is 28.5. The number of fused-ring (bicyclic) bond motifs is 2. The Kier molecular flexibility index (Phi) is 6.22. The van der Waals surface area contributed by atoms with Crippen molar-refractivity contribution in [2.24, 2.45) is 0 Å². The van der Waals surface area contributed by atoms with E-state index in [-0.39, 0.29) is 12.2 Å². The molecule has 200 valence electrons. The van der Waals surface area contributed by atoms with E-state index >= 15 is 0 Å². The Bertz CT molecular complexity index is 1610. The maximum atomic E-state index is 9.93. The van der Waals surface area contributed by atoms with Crippen molar-refractivity contribution in [3.63, 3.8) is 0 Å². The number of pyridine rings is 2. The smallest absolute Gasteiger partial charge is 0.159 e. The van der Waals surface area contributed by atoms with E-state index in [2.05, 4.69) is 59.2 Å². The van der Waals surface area contributed by atoms with Gasteiger partial charge in [0.1, 0.15) is 11.2 Å². The van der Waals surface area contributed by atoms with Crippen LogP contribution >= 0.6 is 0 Å². The Morgan fingerprint density at radius 1 is 0.821 bits per heavy atom. The number of H-pyrrole nitrogens is 2. The lowest BCUT2D eigenvalue weighted by Crippen LogP contribution is -2.35. The fraction of sp³-hybridized carbons (Fsp3) is 0.379. The average molecular weight is 525 g/mol. The topological polar surface area (TPSA) is 130 Å². The minimum atomic E-state index is -0.234. The Morgan fingerprint density at radius 2 is 1.59 bits per heavy atom. The number of piperidine rings is 2. The van der Waals surface area contributed by atoms with E-state index < -0.39 is 0 Å². The van der Waals surface area contributed by atoms with Gasteiger partial charge in [-0.3, -0.25) is 20.0 Å². The van der Waals surface area contributed by atoms with Gasteiger partial charge in [-0.25, -0.2) is 4.98 Å². The fourth-order valence-electron chi connectivity index (χ4n) is 5.81. The largest absolute Gasteiger partial charge is 0.393 e. The standard InChI is InChI=1S/C29H32N8O2/c38-21-3-7-36(8-4-21)17-18-11-20(14-30-13-18)19-1-2-24-23(12-19)27(35-34-24)29-32-25-15-31-16-26(28(25)33-29)37-9-5-22(39)6-10-37/h1-2,11-16,21-22,38-39H,3-10,17H2,(H,32,33)(H,34,35). The van der Waals surface area contributed by atoms with Crippen LogP contribution in [0.1, 0.15) is 31.2 Å². The first kappa shape index (κ1) is 24.2. The van der Waals surface area contributed by atoms with E-state index in [0.717, 1.165) is 103 Å². The van der Waals surface area contributed by atoms with Gasteiger partial charge in [0.05, 0.1) is 41.3 Å². The monoisotopic (exact) mass is 524 g/mol. The second-order valence-corrected chi connectivity index (χ2v) is 10.8. The first-order chi connectivity index (χ1) is 19.1. The molecule has 0 spiro atoms. The molecule has 0 bridgehead atoms. The van der Waals surface area contributed by atoms with Gasteiger partial charge in [0.15, 0.2) is 5.82 Å². The Morgan fingerprint density at radius 3 is 2.41 bits per heavy atom. The molecule has 0 unspecified atom stereocenters. The van der Waals surface area contributed by atoms with Crippen LogP contribution < -0.4 is 4.90 Å². The summed E-state index contributed by atoms with van der Waals surface area (Å²) in [7, 11) is 0. The molecule has 1 aromatic carbocycles. The van der Waals surface area contributed by atoms with Crippen LogP contribution in [0.25, 0.3) is 44.6 Å². The predicted octanol–water partition coefficient (Wildman–Crippen LogP) is 3.48. The van der Waals surface area contributed by atoms with E-state index in [1.807, 2.05) is 18.6 Å². The molecule has 2 fully saturated rings. The summed E-state index contributed by atoms with van der Waals surface area (Å²) in [6, 6.07) is 8.49. The van der Waals surface area contributed by atoms with Gasteiger partial charge in [-0.05, 0) is 55.0 Å². The third-order valence-electron chi connectivity index (χ3n) is 8.06. The maximum Gasteiger partial charge on any atom is 0.159 e. The molecule has 0 atom stereocenters. The Hall–Kier alpha value is -3.86. The van der Waals surface area contributed by atoms with Crippen LogP contribution in [-0.2, 0) is 6.54 Å². The van der Waals surface area contributed by atoms with Gasteiger partial charge < -0.3 is 20.1 Å². The number of hydrogen-bond donors (Lipinski definition) is 4. The molecule has 0 aliphatic carbocycles.